The van der Waals surface area contributed by atoms with Gasteiger partial charge in [-0.25, -0.2) is 0 Å². The molecule has 0 radical (unpaired) electrons. The van der Waals surface area contributed by atoms with Crippen molar-refractivity contribution in [3.8, 4) is 5.75 Å². The fourth-order valence-corrected chi connectivity index (χ4v) is 2.37. The molecule has 1 amide bonds. The second-order valence-corrected chi connectivity index (χ2v) is 5.43. The maximum Gasteiger partial charge on any atom is 0.251 e. The number of amides is 1. The number of carbonyl (C=O) groups excluding carboxylic acids is 1. The van der Waals surface area contributed by atoms with E-state index in [1.807, 2.05) is 43.3 Å². The minimum atomic E-state index is -0.193. The summed E-state index contributed by atoms with van der Waals surface area (Å²) in [4.78, 5) is 11.9. The first kappa shape index (κ1) is 17.8. The molecule has 5 heteroatoms. The van der Waals surface area contributed by atoms with Crippen molar-refractivity contribution in [3.05, 3.63) is 59.7 Å². The standard InChI is InChI=1S/C19H24N2O3/c1-3-24-18-9-7-15(8-10-18)14(2)21-17-6-4-5-16(13-17)19(23)20-11-12-22/h4-10,13-14,21-22H,3,11-12H2,1-2H3,(H,20,23). The van der Waals surface area contributed by atoms with Gasteiger partial charge in [-0.3, -0.25) is 4.79 Å². The van der Waals surface area contributed by atoms with Crippen molar-refractivity contribution in [1.29, 1.82) is 0 Å². The van der Waals surface area contributed by atoms with Gasteiger partial charge < -0.3 is 20.5 Å². The highest BCUT2D eigenvalue weighted by molar-refractivity contribution is 5.95. The summed E-state index contributed by atoms with van der Waals surface area (Å²) in [6.07, 6.45) is 0. The van der Waals surface area contributed by atoms with Crippen molar-refractivity contribution < 1.29 is 14.6 Å². The Bertz CT molecular complexity index is 656. The van der Waals surface area contributed by atoms with Gasteiger partial charge in [-0.15, -0.1) is 0 Å². The van der Waals surface area contributed by atoms with E-state index in [4.69, 9.17) is 9.84 Å². The Kier molecular flexibility index (Phi) is 6.63. The molecule has 2 rings (SSSR count). The molecule has 2 aromatic carbocycles. The number of hydrogen-bond acceptors (Lipinski definition) is 4. The molecule has 2 aromatic rings. The summed E-state index contributed by atoms with van der Waals surface area (Å²) in [5.41, 5.74) is 2.56. The molecule has 24 heavy (non-hydrogen) atoms. The third kappa shape index (κ3) is 4.99. The lowest BCUT2D eigenvalue weighted by molar-refractivity contribution is 0.0945. The number of benzene rings is 2. The highest BCUT2D eigenvalue weighted by atomic mass is 16.5. The Morgan fingerprint density at radius 3 is 2.62 bits per heavy atom. The van der Waals surface area contributed by atoms with E-state index in [0.717, 1.165) is 17.0 Å². The lowest BCUT2D eigenvalue weighted by Crippen LogP contribution is -2.26. The van der Waals surface area contributed by atoms with E-state index in [-0.39, 0.29) is 25.1 Å². The number of ether oxygens (including phenoxy) is 1. The number of anilines is 1. The number of rotatable bonds is 8. The van der Waals surface area contributed by atoms with Crippen LogP contribution in [0.3, 0.4) is 0 Å². The van der Waals surface area contributed by atoms with E-state index in [1.165, 1.54) is 0 Å². The van der Waals surface area contributed by atoms with E-state index >= 15 is 0 Å². The van der Waals surface area contributed by atoms with Crippen LogP contribution in [0.2, 0.25) is 0 Å². The Morgan fingerprint density at radius 2 is 1.96 bits per heavy atom. The molecule has 0 aliphatic heterocycles. The maximum atomic E-state index is 11.9. The molecule has 0 aliphatic rings. The minimum absolute atomic E-state index is 0.0710. The van der Waals surface area contributed by atoms with Crippen LogP contribution in [0, 0.1) is 0 Å². The van der Waals surface area contributed by atoms with Crippen LogP contribution in [0.4, 0.5) is 5.69 Å². The molecule has 0 aliphatic carbocycles. The number of carbonyl (C=O) groups is 1. The summed E-state index contributed by atoms with van der Waals surface area (Å²) in [6, 6.07) is 15.4. The third-order valence-corrected chi connectivity index (χ3v) is 3.60. The highest BCUT2D eigenvalue weighted by Gasteiger charge is 2.09. The maximum absolute atomic E-state index is 11.9. The van der Waals surface area contributed by atoms with E-state index in [2.05, 4.69) is 17.6 Å². The number of hydrogen-bond donors (Lipinski definition) is 3. The number of aliphatic hydroxyl groups excluding tert-OH is 1. The minimum Gasteiger partial charge on any atom is -0.494 e. The molecular formula is C19H24N2O3. The van der Waals surface area contributed by atoms with Gasteiger partial charge in [-0.2, -0.15) is 0 Å². The first-order chi connectivity index (χ1) is 11.6. The van der Waals surface area contributed by atoms with E-state index in [9.17, 15) is 4.79 Å². The molecule has 0 spiro atoms. The monoisotopic (exact) mass is 328 g/mol. The topological polar surface area (TPSA) is 70.6 Å². The summed E-state index contributed by atoms with van der Waals surface area (Å²) in [5, 5.41) is 14.8. The molecule has 3 N–H and O–H groups in total. The summed E-state index contributed by atoms with van der Waals surface area (Å²) < 4.78 is 5.45. The summed E-state index contributed by atoms with van der Waals surface area (Å²) in [6.45, 7) is 4.85. The SMILES string of the molecule is CCOc1ccc(C(C)Nc2cccc(C(=O)NCCO)c2)cc1. The Labute approximate surface area is 142 Å². The van der Waals surface area contributed by atoms with E-state index < -0.39 is 0 Å². The van der Waals surface area contributed by atoms with Crippen LogP contribution in [0.1, 0.15) is 35.8 Å². The summed E-state index contributed by atoms with van der Waals surface area (Å²) in [7, 11) is 0. The molecule has 1 atom stereocenters. The van der Waals surface area contributed by atoms with Gasteiger partial charge in [0.15, 0.2) is 0 Å². The Morgan fingerprint density at radius 1 is 1.21 bits per heavy atom. The third-order valence-electron chi connectivity index (χ3n) is 3.60. The van der Waals surface area contributed by atoms with Crippen molar-refractivity contribution >= 4 is 11.6 Å². The first-order valence-corrected chi connectivity index (χ1v) is 8.12. The number of aliphatic hydroxyl groups is 1. The Hall–Kier alpha value is -2.53. The van der Waals surface area contributed by atoms with Crippen molar-refractivity contribution in [2.75, 3.05) is 25.1 Å². The zero-order valence-electron chi connectivity index (χ0n) is 14.1. The van der Waals surface area contributed by atoms with Gasteiger partial charge in [0.05, 0.1) is 13.2 Å². The molecule has 0 heterocycles. The fourth-order valence-electron chi connectivity index (χ4n) is 2.37. The zero-order chi connectivity index (χ0) is 17.4. The predicted octanol–water partition coefficient (Wildman–Crippen LogP) is 2.98. The smallest absolute Gasteiger partial charge is 0.251 e. The quantitative estimate of drug-likeness (QED) is 0.697. The van der Waals surface area contributed by atoms with E-state index in [0.29, 0.717) is 12.2 Å². The van der Waals surface area contributed by atoms with Crippen LogP contribution < -0.4 is 15.4 Å². The normalized spacial score (nSPS) is 11.6. The van der Waals surface area contributed by atoms with Gasteiger partial charge in [0.1, 0.15) is 5.75 Å². The van der Waals surface area contributed by atoms with Gasteiger partial charge in [0.2, 0.25) is 0 Å². The average molecular weight is 328 g/mol. The van der Waals surface area contributed by atoms with Gasteiger partial charge >= 0.3 is 0 Å². The lowest BCUT2D eigenvalue weighted by atomic mass is 10.1. The molecule has 0 saturated carbocycles. The summed E-state index contributed by atoms with van der Waals surface area (Å²) >= 11 is 0. The molecule has 5 nitrogen and oxygen atoms in total. The molecule has 128 valence electrons. The lowest BCUT2D eigenvalue weighted by Gasteiger charge is -2.17. The second-order valence-electron chi connectivity index (χ2n) is 5.43. The van der Waals surface area contributed by atoms with Crippen LogP contribution in [0.5, 0.6) is 5.75 Å². The van der Waals surface area contributed by atoms with Gasteiger partial charge in [-0.1, -0.05) is 18.2 Å². The summed E-state index contributed by atoms with van der Waals surface area (Å²) in [5.74, 6) is 0.664. The van der Waals surface area contributed by atoms with Crippen LogP contribution in [-0.4, -0.2) is 30.8 Å². The largest absolute Gasteiger partial charge is 0.494 e. The van der Waals surface area contributed by atoms with Crippen LogP contribution >= 0.6 is 0 Å². The van der Waals surface area contributed by atoms with Gasteiger partial charge in [-0.05, 0) is 49.7 Å². The van der Waals surface area contributed by atoms with Gasteiger partial charge in [0, 0.05) is 23.8 Å². The van der Waals surface area contributed by atoms with Crippen molar-refractivity contribution in [3.63, 3.8) is 0 Å². The van der Waals surface area contributed by atoms with Crippen LogP contribution in [0.25, 0.3) is 0 Å². The molecule has 0 fully saturated rings. The second kappa shape index (κ2) is 8.93. The Balaban J connectivity index is 2.03. The van der Waals surface area contributed by atoms with Crippen molar-refractivity contribution in [1.82, 2.24) is 5.32 Å². The van der Waals surface area contributed by atoms with Crippen molar-refractivity contribution in [2.24, 2.45) is 0 Å². The molecular weight excluding hydrogens is 304 g/mol. The number of nitrogens with one attached hydrogen (secondary N) is 2. The molecule has 0 bridgehead atoms. The molecule has 0 saturated heterocycles. The fraction of sp³-hybridized carbons (Fsp3) is 0.316. The zero-order valence-corrected chi connectivity index (χ0v) is 14.1. The van der Waals surface area contributed by atoms with E-state index in [1.54, 1.807) is 12.1 Å². The molecule has 1 unspecified atom stereocenters. The highest BCUT2D eigenvalue weighted by Crippen LogP contribution is 2.22. The molecule has 0 aromatic heterocycles. The average Bonchev–Trinajstić information content (AvgIpc) is 2.60. The predicted molar refractivity (Wildman–Crippen MR) is 95.5 cm³/mol. The van der Waals surface area contributed by atoms with Crippen LogP contribution in [-0.2, 0) is 0 Å². The first-order valence-electron chi connectivity index (χ1n) is 8.12. The van der Waals surface area contributed by atoms with Crippen LogP contribution in [0.15, 0.2) is 48.5 Å². The van der Waals surface area contributed by atoms with Crippen molar-refractivity contribution in [2.45, 2.75) is 19.9 Å². The van der Waals surface area contributed by atoms with Gasteiger partial charge in [0.25, 0.3) is 5.91 Å².